The van der Waals surface area contributed by atoms with Crippen LogP contribution < -0.4 is 11.1 Å². The van der Waals surface area contributed by atoms with Gasteiger partial charge in [-0.15, -0.1) is 11.3 Å². The molecule has 5 heteroatoms. The molecule has 1 fully saturated rings. The van der Waals surface area contributed by atoms with Crippen molar-refractivity contribution in [3.8, 4) is 0 Å². The van der Waals surface area contributed by atoms with Gasteiger partial charge < -0.3 is 11.1 Å². The summed E-state index contributed by atoms with van der Waals surface area (Å²) in [4.78, 5) is 16.5. The largest absolute Gasteiger partial charge is 0.348 e. The van der Waals surface area contributed by atoms with Crippen molar-refractivity contribution in [1.82, 2.24) is 10.3 Å². The molecule has 3 N–H and O–H groups in total. The van der Waals surface area contributed by atoms with Crippen molar-refractivity contribution in [3.63, 3.8) is 0 Å². The molecule has 1 aliphatic rings. The van der Waals surface area contributed by atoms with Gasteiger partial charge in [0.2, 0.25) is 0 Å². The lowest BCUT2D eigenvalue weighted by atomic mass is 9.63. The van der Waals surface area contributed by atoms with E-state index in [1.165, 1.54) is 17.8 Å². The Kier molecular flexibility index (Phi) is 4.21. The van der Waals surface area contributed by atoms with E-state index in [-0.39, 0.29) is 22.8 Å². The smallest absolute Gasteiger partial charge is 0.270 e. The Morgan fingerprint density at radius 2 is 2.00 bits per heavy atom. The van der Waals surface area contributed by atoms with Crippen LogP contribution in [0.1, 0.15) is 62.5 Å². The van der Waals surface area contributed by atoms with Gasteiger partial charge in [-0.25, -0.2) is 4.98 Å². The second kappa shape index (κ2) is 5.45. The van der Waals surface area contributed by atoms with Gasteiger partial charge in [-0.2, -0.15) is 0 Å². The average molecular weight is 295 g/mol. The average Bonchev–Trinajstić information content (AvgIpc) is 2.72. The Morgan fingerprint density at radius 1 is 1.40 bits per heavy atom. The first kappa shape index (κ1) is 15.4. The number of thiazole rings is 1. The lowest BCUT2D eigenvalue weighted by Gasteiger charge is -2.45. The lowest BCUT2D eigenvalue weighted by Crippen LogP contribution is -2.46. The fraction of sp³-hybridized carbons (Fsp3) is 0.733. The SMILES string of the molecule is CC1(C)CC(NC(=O)c2csc(CN)n2)CC(C)(C)C1. The van der Waals surface area contributed by atoms with E-state index in [0.717, 1.165) is 17.8 Å². The normalized spacial score (nSPS) is 21.6. The van der Waals surface area contributed by atoms with Crippen molar-refractivity contribution in [2.24, 2.45) is 16.6 Å². The quantitative estimate of drug-likeness (QED) is 0.901. The van der Waals surface area contributed by atoms with Crippen molar-refractivity contribution in [3.05, 3.63) is 16.1 Å². The van der Waals surface area contributed by atoms with Crippen LogP contribution in [-0.4, -0.2) is 16.9 Å². The fourth-order valence-corrected chi connectivity index (χ4v) is 4.37. The third-order valence-electron chi connectivity index (χ3n) is 3.85. The van der Waals surface area contributed by atoms with Crippen LogP contribution >= 0.6 is 11.3 Å². The Balaban J connectivity index is 2.03. The van der Waals surface area contributed by atoms with Crippen LogP contribution in [0.5, 0.6) is 0 Å². The van der Waals surface area contributed by atoms with Gasteiger partial charge in [-0.1, -0.05) is 27.7 Å². The minimum absolute atomic E-state index is 0.0700. The molecular weight excluding hydrogens is 270 g/mol. The zero-order chi connectivity index (χ0) is 15.0. The van der Waals surface area contributed by atoms with Crippen molar-refractivity contribution in [2.75, 3.05) is 0 Å². The minimum Gasteiger partial charge on any atom is -0.348 e. The molecule has 20 heavy (non-hydrogen) atoms. The van der Waals surface area contributed by atoms with Gasteiger partial charge in [-0.05, 0) is 30.1 Å². The highest BCUT2D eigenvalue weighted by Crippen LogP contribution is 2.45. The van der Waals surface area contributed by atoms with Gasteiger partial charge in [0, 0.05) is 18.0 Å². The number of hydrogen-bond acceptors (Lipinski definition) is 4. The highest BCUT2D eigenvalue weighted by Gasteiger charge is 2.39. The van der Waals surface area contributed by atoms with Gasteiger partial charge >= 0.3 is 0 Å². The van der Waals surface area contributed by atoms with Crippen LogP contribution in [0.3, 0.4) is 0 Å². The van der Waals surface area contributed by atoms with Gasteiger partial charge in [0.1, 0.15) is 10.7 Å². The molecule has 2 rings (SSSR count). The van der Waals surface area contributed by atoms with Crippen LogP contribution in [0.4, 0.5) is 0 Å². The first-order valence-electron chi connectivity index (χ1n) is 7.16. The monoisotopic (exact) mass is 295 g/mol. The molecule has 0 aliphatic heterocycles. The highest BCUT2D eigenvalue weighted by molar-refractivity contribution is 7.09. The molecule has 0 saturated heterocycles. The number of nitrogens with two attached hydrogens (primary N) is 1. The third-order valence-corrected chi connectivity index (χ3v) is 4.72. The fourth-order valence-electron chi connectivity index (χ4n) is 3.72. The third kappa shape index (κ3) is 3.79. The Hall–Kier alpha value is -0.940. The predicted octanol–water partition coefficient (Wildman–Crippen LogP) is 2.94. The molecule has 1 amide bonds. The maximum absolute atomic E-state index is 12.3. The van der Waals surface area contributed by atoms with E-state index in [0.29, 0.717) is 12.2 Å². The molecule has 0 unspecified atom stereocenters. The standard InChI is InChI=1S/C15H25N3OS/c1-14(2)5-10(6-15(3,4)9-14)17-13(19)11-8-20-12(7-16)18-11/h8,10H,5-7,9,16H2,1-4H3,(H,17,19). The van der Waals surface area contributed by atoms with Crippen LogP contribution in [0.2, 0.25) is 0 Å². The lowest BCUT2D eigenvalue weighted by molar-refractivity contribution is 0.0711. The Labute approximate surface area is 125 Å². The molecule has 1 saturated carbocycles. The van der Waals surface area contributed by atoms with Crippen LogP contribution in [0.15, 0.2) is 5.38 Å². The maximum atomic E-state index is 12.3. The molecule has 0 spiro atoms. The summed E-state index contributed by atoms with van der Waals surface area (Å²) in [7, 11) is 0. The molecule has 0 aromatic carbocycles. The number of nitrogens with one attached hydrogen (secondary N) is 1. The summed E-state index contributed by atoms with van der Waals surface area (Å²) in [6.07, 6.45) is 3.24. The molecule has 1 aromatic heterocycles. The molecule has 1 heterocycles. The van der Waals surface area contributed by atoms with E-state index in [1.807, 2.05) is 0 Å². The van der Waals surface area contributed by atoms with Crippen LogP contribution in [0, 0.1) is 10.8 Å². The van der Waals surface area contributed by atoms with Gasteiger partial charge in [0.05, 0.1) is 0 Å². The van der Waals surface area contributed by atoms with E-state index in [9.17, 15) is 4.79 Å². The second-order valence-electron chi connectivity index (χ2n) is 7.41. The summed E-state index contributed by atoms with van der Waals surface area (Å²) in [5.74, 6) is -0.0700. The first-order chi connectivity index (χ1) is 9.21. The summed E-state index contributed by atoms with van der Waals surface area (Å²) in [5.41, 5.74) is 6.57. The molecule has 0 radical (unpaired) electrons. The van der Waals surface area contributed by atoms with E-state index in [2.05, 4.69) is 38.0 Å². The minimum atomic E-state index is -0.0700. The number of carbonyl (C=O) groups excluding carboxylic acids is 1. The van der Waals surface area contributed by atoms with Crippen molar-refractivity contribution in [1.29, 1.82) is 0 Å². The first-order valence-corrected chi connectivity index (χ1v) is 8.04. The van der Waals surface area contributed by atoms with Gasteiger partial charge in [-0.3, -0.25) is 4.79 Å². The molecule has 0 atom stereocenters. The van der Waals surface area contributed by atoms with Gasteiger partial charge in [0.25, 0.3) is 5.91 Å². The summed E-state index contributed by atoms with van der Waals surface area (Å²) in [5, 5.41) is 5.74. The van der Waals surface area contributed by atoms with Crippen molar-refractivity contribution < 1.29 is 4.79 Å². The number of carbonyl (C=O) groups is 1. The topological polar surface area (TPSA) is 68.0 Å². The Morgan fingerprint density at radius 3 is 2.50 bits per heavy atom. The number of amides is 1. The molecular formula is C15H25N3OS. The van der Waals surface area contributed by atoms with Gasteiger partial charge in [0.15, 0.2) is 0 Å². The summed E-state index contributed by atoms with van der Waals surface area (Å²) in [6, 6.07) is 0.226. The van der Waals surface area contributed by atoms with Crippen molar-refractivity contribution in [2.45, 2.75) is 59.5 Å². The molecule has 4 nitrogen and oxygen atoms in total. The zero-order valence-corrected chi connectivity index (χ0v) is 13.6. The summed E-state index contributed by atoms with van der Waals surface area (Å²) in [6.45, 7) is 9.51. The van der Waals surface area contributed by atoms with Crippen LogP contribution in [0.25, 0.3) is 0 Å². The summed E-state index contributed by atoms with van der Waals surface area (Å²) < 4.78 is 0. The van der Waals surface area contributed by atoms with E-state index in [4.69, 9.17) is 5.73 Å². The van der Waals surface area contributed by atoms with Crippen LogP contribution in [-0.2, 0) is 6.54 Å². The molecule has 0 bridgehead atoms. The second-order valence-corrected chi connectivity index (χ2v) is 8.36. The van der Waals surface area contributed by atoms with Crippen molar-refractivity contribution >= 4 is 17.2 Å². The zero-order valence-electron chi connectivity index (χ0n) is 12.8. The number of rotatable bonds is 3. The number of aromatic nitrogens is 1. The van der Waals surface area contributed by atoms with E-state index >= 15 is 0 Å². The predicted molar refractivity (Wildman–Crippen MR) is 82.7 cm³/mol. The Bertz CT molecular complexity index is 477. The summed E-state index contributed by atoms with van der Waals surface area (Å²) >= 11 is 1.44. The number of nitrogens with zero attached hydrogens (tertiary/aromatic N) is 1. The maximum Gasteiger partial charge on any atom is 0.270 e. The number of hydrogen-bond donors (Lipinski definition) is 2. The van der Waals surface area contributed by atoms with E-state index < -0.39 is 0 Å². The highest BCUT2D eigenvalue weighted by atomic mass is 32.1. The van der Waals surface area contributed by atoms with E-state index in [1.54, 1.807) is 5.38 Å². The molecule has 1 aliphatic carbocycles. The molecule has 112 valence electrons. The molecule has 1 aromatic rings.